The van der Waals surface area contributed by atoms with Gasteiger partial charge in [-0.2, -0.15) is 0 Å². The Bertz CT molecular complexity index is 1090. The molecule has 1 aliphatic heterocycles. The van der Waals surface area contributed by atoms with E-state index in [-0.39, 0.29) is 41.3 Å². The van der Waals surface area contributed by atoms with Crippen LogP contribution in [-0.4, -0.2) is 67.0 Å². The molecule has 4 atom stereocenters. The summed E-state index contributed by atoms with van der Waals surface area (Å²) in [5.74, 6) is -0.181. The fourth-order valence-electron chi connectivity index (χ4n) is 5.94. The van der Waals surface area contributed by atoms with Gasteiger partial charge in [-0.1, -0.05) is 30.3 Å². The van der Waals surface area contributed by atoms with Crippen LogP contribution in [0.4, 0.5) is 0 Å². The van der Waals surface area contributed by atoms with Crippen molar-refractivity contribution in [1.29, 1.82) is 0 Å². The van der Waals surface area contributed by atoms with Gasteiger partial charge < -0.3 is 19.3 Å². The Labute approximate surface area is 207 Å². The Morgan fingerprint density at radius 3 is 2.46 bits per heavy atom. The standard InChI is InChI=1S/C28H34N2O5/c1-19(31)34-24-12-8-11-22(15-24)28-13-14-29(3)18-25(28)26(35-20(2)32)16-23(17-28)30(4)27(33)21-9-6-5-7-10-21/h5-12,15,23,25-26H,13-14,16-18H2,1-4H3/t23-,25+,26?,28+/m1/s1. The molecule has 2 aromatic rings. The summed E-state index contributed by atoms with van der Waals surface area (Å²) in [6, 6.07) is 16.8. The number of carbonyl (C=O) groups is 3. The van der Waals surface area contributed by atoms with E-state index in [1.165, 1.54) is 13.8 Å². The van der Waals surface area contributed by atoms with Gasteiger partial charge in [0.2, 0.25) is 0 Å². The summed E-state index contributed by atoms with van der Waals surface area (Å²) >= 11 is 0. The molecule has 1 aliphatic carbocycles. The zero-order valence-corrected chi connectivity index (χ0v) is 20.9. The zero-order valence-electron chi connectivity index (χ0n) is 20.9. The van der Waals surface area contributed by atoms with Crippen molar-refractivity contribution in [2.75, 3.05) is 27.2 Å². The highest BCUT2D eigenvalue weighted by Gasteiger charge is 2.54. The van der Waals surface area contributed by atoms with Crippen LogP contribution in [0.2, 0.25) is 0 Å². The van der Waals surface area contributed by atoms with Crippen LogP contribution in [0.15, 0.2) is 54.6 Å². The Kier molecular flexibility index (Phi) is 7.26. The highest BCUT2D eigenvalue weighted by molar-refractivity contribution is 5.94. The highest BCUT2D eigenvalue weighted by atomic mass is 16.5. The molecule has 2 fully saturated rings. The molecule has 1 amide bonds. The number of likely N-dealkylation sites (tertiary alicyclic amines) is 1. The molecule has 0 spiro atoms. The van der Waals surface area contributed by atoms with E-state index in [2.05, 4.69) is 18.0 Å². The number of rotatable bonds is 5. The summed E-state index contributed by atoms with van der Waals surface area (Å²) in [4.78, 5) is 41.2. The molecule has 186 valence electrons. The molecular formula is C28H34N2O5. The third kappa shape index (κ3) is 5.25. The number of ether oxygens (including phenoxy) is 2. The lowest BCUT2D eigenvalue weighted by Crippen LogP contribution is -2.61. The molecule has 1 unspecified atom stereocenters. The molecule has 2 aliphatic rings. The minimum absolute atomic E-state index is 0.0487. The van der Waals surface area contributed by atoms with Gasteiger partial charge in [-0.15, -0.1) is 0 Å². The first kappa shape index (κ1) is 24.9. The van der Waals surface area contributed by atoms with Crippen molar-refractivity contribution in [1.82, 2.24) is 9.80 Å². The predicted molar refractivity (Wildman–Crippen MR) is 132 cm³/mol. The maximum absolute atomic E-state index is 13.4. The molecule has 35 heavy (non-hydrogen) atoms. The first-order valence-corrected chi connectivity index (χ1v) is 12.2. The summed E-state index contributed by atoms with van der Waals surface area (Å²) < 4.78 is 11.3. The minimum atomic E-state index is -0.368. The zero-order chi connectivity index (χ0) is 25.2. The molecule has 7 nitrogen and oxygen atoms in total. The maximum Gasteiger partial charge on any atom is 0.308 e. The van der Waals surface area contributed by atoms with Crippen LogP contribution in [0, 0.1) is 5.92 Å². The number of benzene rings is 2. The molecule has 1 heterocycles. The quantitative estimate of drug-likeness (QED) is 0.482. The van der Waals surface area contributed by atoms with Crippen molar-refractivity contribution in [3.63, 3.8) is 0 Å². The van der Waals surface area contributed by atoms with E-state index in [0.29, 0.717) is 17.7 Å². The first-order valence-electron chi connectivity index (χ1n) is 12.2. The molecule has 4 rings (SSSR count). The lowest BCUT2D eigenvalue weighted by Gasteiger charge is -2.56. The molecule has 0 bridgehead atoms. The van der Waals surface area contributed by atoms with E-state index in [1.54, 1.807) is 11.0 Å². The smallest absolute Gasteiger partial charge is 0.308 e. The average molecular weight is 479 g/mol. The number of carbonyl (C=O) groups excluding carboxylic acids is 3. The van der Waals surface area contributed by atoms with Crippen molar-refractivity contribution in [2.45, 2.75) is 50.7 Å². The molecule has 2 aromatic carbocycles. The number of esters is 2. The normalized spacial score (nSPS) is 26.3. The Morgan fingerprint density at radius 1 is 1.03 bits per heavy atom. The number of amides is 1. The molecule has 0 radical (unpaired) electrons. The fourth-order valence-corrected chi connectivity index (χ4v) is 5.94. The first-order chi connectivity index (χ1) is 16.7. The van der Waals surface area contributed by atoms with Crippen LogP contribution >= 0.6 is 0 Å². The Balaban J connectivity index is 1.75. The lowest BCUT2D eigenvalue weighted by atomic mass is 9.56. The average Bonchev–Trinajstić information content (AvgIpc) is 2.83. The lowest BCUT2D eigenvalue weighted by molar-refractivity contribution is -0.158. The minimum Gasteiger partial charge on any atom is -0.462 e. The van der Waals surface area contributed by atoms with Crippen LogP contribution in [-0.2, 0) is 19.7 Å². The number of hydrogen-bond donors (Lipinski definition) is 0. The van der Waals surface area contributed by atoms with Gasteiger partial charge in [0.15, 0.2) is 0 Å². The van der Waals surface area contributed by atoms with Crippen molar-refractivity contribution in [2.24, 2.45) is 5.92 Å². The van der Waals surface area contributed by atoms with Crippen LogP contribution < -0.4 is 4.74 Å². The van der Waals surface area contributed by atoms with E-state index >= 15 is 0 Å². The maximum atomic E-state index is 13.4. The fraction of sp³-hybridized carbons (Fsp3) is 0.464. The summed E-state index contributed by atoms with van der Waals surface area (Å²) in [5, 5.41) is 0. The molecular weight excluding hydrogens is 444 g/mol. The van der Waals surface area contributed by atoms with Gasteiger partial charge in [0.25, 0.3) is 5.91 Å². The van der Waals surface area contributed by atoms with Crippen molar-refractivity contribution in [3.05, 3.63) is 65.7 Å². The number of fused-ring (bicyclic) bond motifs is 1. The van der Waals surface area contributed by atoms with Gasteiger partial charge in [0.1, 0.15) is 11.9 Å². The summed E-state index contributed by atoms with van der Waals surface area (Å²) in [6.07, 6.45) is 1.83. The van der Waals surface area contributed by atoms with E-state index in [1.807, 2.05) is 49.5 Å². The van der Waals surface area contributed by atoms with Gasteiger partial charge in [-0.3, -0.25) is 14.4 Å². The molecule has 0 aromatic heterocycles. The molecule has 0 N–H and O–H groups in total. The summed E-state index contributed by atoms with van der Waals surface area (Å²) in [5.41, 5.74) is 1.35. The second kappa shape index (κ2) is 10.2. The van der Waals surface area contributed by atoms with Crippen LogP contribution in [0.3, 0.4) is 0 Å². The largest absolute Gasteiger partial charge is 0.462 e. The predicted octanol–water partition coefficient (Wildman–Crippen LogP) is 3.67. The van der Waals surface area contributed by atoms with Crippen molar-refractivity contribution >= 4 is 17.8 Å². The van der Waals surface area contributed by atoms with Crippen LogP contribution in [0.1, 0.15) is 49.0 Å². The van der Waals surface area contributed by atoms with E-state index in [4.69, 9.17) is 9.47 Å². The second-order valence-electron chi connectivity index (χ2n) is 9.92. The number of piperidine rings is 1. The third-order valence-corrected chi connectivity index (χ3v) is 7.59. The van der Waals surface area contributed by atoms with Crippen molar-refractivity contribution < 1.29 is 23.9 Å². The molecule has 1 saturated carbocycles. The topological polar surface area (TPSA) is 76.2 Å². The SMILES string of the molecule is CC(=O)Oc1cccc([C@@]23CCN(C)C[C@H]2C(OC(C)=O)C[C@@H](N(C)C(=O)c2ccccc2)C3)c1. The van der Waals surface area contributed by atoms with Gasteiger partial charge in [-0.25, -0.2) is 0 Å². The monoisotopic (exact) mass is 478 g/mol. The van der Waals surface area contributed by atoms with Crippen molar-refractivity contribution in [3.8, 4) is 5.75 Å². The number of hydrogen-bond acceptors (Lipinski definition) is 6. The van der Waals surface area contributed by atoms with Crippen LogP contribution in [0.25, 0.3) is 0 Å². The second-order valence-corrected chi connectivity index (χ2v) is 9.92. The van der Waals surface area contributed by atoms with Gasteiger partial charge in [-0.05, 0) is 56.3 Å². The highest BCUT2D eigenvalue weighted by Crippen LogP contribution is 2.51. The Hall–Kier alpha value is -3.19. The van der Waals surface area contributed by atoms with E-state index in [0.717, 1.165) is 31.5 Å². The third-order valence-electron chi connectivity index (χ3n) is 7.59. The number of nitrogens with zero attached hydrogens (tertiary/aromatic N) is 2. The van der Waals surface area contributed by atoms with Gasteiger partial charge >= 0.3 is 11.9 Å². The Morgan fingerprint density at radius 2 is 1.77 bits per heavy atom. The van der Waals surface area contributed by atoms with Gasteiger partial charge in [0.05, 0.1) is 0 Å². The van der Waals surface area contributed by atoms with E-state index in [9.17, 15) is 14.4 Å². The van der Waals surface area contributed by atoms with E-state index < -0.39 is 0 Å². The molecule has 7 heteroatoms. The summed E-state index contributed by atoms with van der Waals surface area (Å²) in [6.45, 7) is 4.49. The summed E-state index contributed by atoms with van der Waals surface area (Å²) in [7, 11) is 3.92. The van der Waals surface area contributed by atoms with Gasteiger partial charge in [0, 0.05) is 56.8 Å². The molecule has 1 saturated heterocycles. The van der Waals surface area contributed by atoms with Crippen LogP contribution in [0.5, 0.6) is 5.75 Å².